The number of carbonyl (C=O) groups excluding carboxylic acids is 1. The summed E-state index contributed by atoms with van der Waals surface area (Å²) in [5, 5.41) is 8.39. The summed E-state index contributed by atoms with van der Waals surface area (Å²) in [6.45, 7) is 10.4. The van der Waals surface area contributed by atoms with Gasteiger partial charge in [0, 0.05) is 6.42 Å². The zero-order valence-electron chi connectivity index (χ0n) is 12.8. The number of hydrogen-bond donors (Lipinski definition) is 0. The molecule has 0 saturated carbocycles. The molecule has 0 N–H and O–H groups in total. The molecule has 1 unspecified atom stereocenters. The standard InChI is InChI=1S/C14H27ClN2O2/c1-6-8-11-19-12(18)9-10-14(5,15)17-16-13(3,4)7-2/h6-11H2,1-5H3/b17-16+. The first kappa shape index (κ1) is 18.4. The molecule has 0 rings (SSSR count). The molecule has 0 aliphatic carbocycles. The Bertz CT molecular complexity index is 302. The van der Waals surface area contributed by atoms with Gasteiger partial charge >= 0.3 is 5.97 Å². The van der Waals surface area contributed by atoms with E-state index in [1.54, 1.807) is 6.92 Å². The minimum atomic E-state index is -0.837. The quantitative estimate of drug-likeness (QED) is 0.203. The Morgan fingerprint density at radius 2 is 1.84 bits per heavy atom. The SMILES string of the molecule is CCCCOC(=O)CCC(C)(Cl)/N=N/C(C)(C)CC. The number of rotatable bonds is 9. The predicted molar refractivity (Wildman–Crippen MR) is 78.6 cm³/mol. The summed E-state index contributed by atoms with van der Waals surface area (Å²) in [7, 11) is 0. The fourth-order valence-electron chi connectivity index (χ4n) is 1.09. The van der Waals surface area contributed by atoms with Crippen LogP contribution in [0.4, 0.5) is 0 Å². The molecule has 112 valence electrons. The number of alkyl halides is 1. The van der Waals surface area contributed by atoms with Crippen molar-refractivity contribution in [1.82, 2.24) is 0 Å². The zero-order chi connectivity index (χ0) is 14.9. The molecule has 0 fully saturated rings. The monoisotopic (exact) mass is 290 g/mol. The van der Waals surface area contributed by atoms with Crippen molar-refractivity contribution in [2.24, 2.45) is 10.2 Å². The van der Waals surface area contributed by atoms with Gasteiger partial charge in [-0.25, -0.2) is 0 Å². The molecule has 0 heterocycles. The first-order chi connectivity index (χ1) is 8.72. The van der Waals surface area contributed by atoms with E-state index in [1.807, 2.05) is 13.8 Å². The van der Waals surface area contributed by atoms with Gasteiger partial charge in [0.25, 0.3) is 0 Å². The molecule has 4 nitrogen and oxygen atoms in total. The number of carbonyl (C=O) groups is 1. The van der Waals surface area contributed by atoms with Gasteiger partial charge in [0.1, 0.15) is 0 Å². The second-order valence-electron chi connectivity index (χ2n) is 5.58. The lowest BCUT2D eigenvalue weighted by atomic mass is 10.0. The zero-order valence-corrected chi connectivity index (χ0v) is 13.6. The molecule has 0 aromatic heterocycles. The van der Waals surface area contributed by atoms with Gasteiger partial charge in [0.15, 0.2) is 5.00 Å². The molecule has 0 aliphatic heterocycles. The first-order valence-corrected chi connectivity index (χ1v) is 7.39. The minimum absolute atomic E-state index is 0.211. The molecule has 0 amide bonds. The summed E-state index contributed by atoms with van der Waals surface area (Å²) in [6.07, 6.45) is 3.51. The Morgan fingerprint density at radius 1 is 1.21 bits per heavy atom. The fourth-order valence-corrected chi connectivity index (χ4v) is 1.23. The predicted octanol–water partition coefficient (Wildman–Crippen LogP) is 4.71. The van der Waals surface area contributed by atoms with E-state index in [9.17, 15) is 4.79 Å². The van der Waals surface area contributed by atoms with Gasteiger partial charge in [-0.2, -0.15) is 10.2 Å². The third kappa shape index (κ3) is 9.88. The van der Waals surface area contributed by atoms with Crippen molar-refractivity contribution >= 4 is 17.6 Å². The lowest BCUT2D eigenvalue weighted by Crippen LogP contribution is -2.19. The van der Waals surface area contributed by atoms with E-state index in [-0.39, 0.29) is 17.9 Å². The van der Waals surface area contributed by atoms with E-state index in [4.69, 9.17) is 16.3 Å². The fraction of sp³-hybridized carbons (Fsp3) is 0.929. The Hall–Kier alpha value is -0.640. The molecule has 19 heavy (non-hydrogen) atoms. The van der Waals surface area contributed by atoms with Crippen LogP contribution in [0.5, 0.6) is 0 Å². The van der Waals surface area contributed by atoms with Crippen LogP contribution < -0.4 is 0 Å². The van der Waals surface area contributed by atoms with Gasteiger partial charge in [0.05, 0.1) is 12.1 Å². The van der Waals surface area contributed by atoms with Crippen molar-refractivity contribution in [3.05, 3.63) is 0 Å². The van der Waals surface area contributed by atoms with Crippen molar-refractivity contribution in [3.63, 3.8) is 0 Å². The highest BCUT2D eigenvalue weighted by molar-refractivity contribution is 6.23. The molecule has 0 saturated heterocycles. The summed E-state index contributed by atoms with van der Waals surface area (Å²) < 4.78 is 5.07. The van der Waals surface area contributed by atoms with Crippen molar-refractivity contribution in [3.8, 4) is 0 Å². The number of halogens is 1. The maximum absolute atomic E-state index is 11.5. The number of azo groups is 1. The van der Waals surface area contributed by atoms with Crippen LogP contribution in [-0.4, -0.2) is 23.1 Å². The molecular formula is C14H27ClN2O2. The Morgan fingerprint density at radius 3 is 2.37 bits per heavy atom. The van der Waals surface area contributed by atoms with Crippen LogP contribution in [0.15, 0.2) is 10.2 Å². The number of nitrogens with zero attached hydrogens (tertiary/aromatic N) is 2. The van der Waals surface area contributed by atoms with E-state index in [2.05, 4.69) is 24.1 Å². The maximum atomic E-state index is 11.5. The summed E-state index contributed by atoms with van der Waals surface area (Å²) in [6, 6.07) is 0. The molecule has 0 aromatic rings. The molecule has 5 heteroatoms. The van der Waals surface area contributed by atoms with Crippen molar-refractivity contribution in [2.75, 3.05) is 6.61 Å². The van der Waals surface area contributed by atoms with Crippen LogP contribution >= 0.6 is 11.6 Å². The molecular weight excluding hydrogens is 264 g/mol. The summed E-state index contributed by atoms with van der Waals surface area (Å²) >= 11 is 6.24. The highest BCUT2D eigenvalue weighted by Gasteiger charge is 2.23. The van der Waals surface area contributed by atoms with E-state index < -0.39 is 5.00 Å². The van der Waals surface area contributed by atoms with Gasteiger partial charge in [-0.05, 0) is 40.0 Å². The summed E-state index contributed by atoms with van der Waals surface area (Å²) in [5.74, 6) is -0.217. The van der Waals surface area contributed by atoms with Gasteiger partial charge in [0.2, 0.25) is 0 Å². The molecule has 0 bridgehead atoms. The van der Waals surface area contributed by atoms with Crippen molar-refractivity contribution in [1.29, 1.82) is 0 Å². The average molecular weight is 291 g/mol. The first-order valence-electron chi connectivity index (χ1n) is 7.01. The van der Waals surface area contributed by atoms with E-state index in [0.29, 0.717) is 13.0 Å². The Balaban J connectivity index is 4.12. The van der Waals surface area contributed by atoms with Crippen LogP contribution in [0.1, 0.15) is 66.7 Å². The van der Waals surface area contributed by atoms with Crippen LogP contribution in [0, 0.1) is 0 Å². The van der Waals surface area contributed by atoms with Gasteiger partial charge in [-0.1, -0.05) is 31.9 Å². The van der Waals surface area contributed by atoms with Crippen LogP contribution in [0.25, 0.3) is 0 Å². The lowest BCUT2D eigenvalue weighted by molar-refractivity contribution is -0.144. The Kier molecular flexibility index (Phi) is 8.23. The van der Waals surface area contributed by atoms with Gasteiger partial charge < -0.3 is 4.74 Å². The number of unbranched alkanes of at least 4 members (excludes halogenated alkanes) is 1. The highest BCUT2D eigenvalue weighted by atomic mass is 35.5. The number of hydrogen-bond acceptors (Lipinski definition) is 4. The molecule has 0 aromatic carbocycles. The van der Waals surface area contributed by atoms with Crippen LogP contribution in [0.2, 0.25) is 0 Å². The molecule has 0 radical (unpaired) electrons. The van der Waals surface area contributed by atoms with E-state index in [0.717, 1.165) is 19.3 Å². The lowest BCUT2D eigenvalue weighted by Gasteiger charge is -2.20. The highest BCUT2D eigenvalue weighted by Crippen LogP contribution is 2.26. The largest absolute Gasteiger partial charge is 0.466 e. The van der Waals surface area contributed by atoms with E-state index >= 15 is 0 Å². The number of esters is 1. The average Bonchev–Trinajstić information content (AvgIpc) is 2.35. The second-order valence-corrected chi connectivity index (χ2v) is 6.40. The van der Waals surface area contributed by atoms with Crippen LogP contribution in [0.3, 0.4) is 0 Å². The van der Waals surface area contributed by atoms with Crippen LogP contribution in [-0.2, 0) is 9.53 Å². The third-order valence-electron chi connectivity index (χ3n) is 2.94. The maximum Gasteiger partial charge on any atom is 0.305 e. The summed E-state index contributed by atoms with van der Waals surface area (Å²) in [4.78, 5) is 10.6. The number of ether oxygens (including phenoxy) is 1. The topological polar surface area (TPSA) is 51.0 Å². The molecule has 0 aliphatic rings. The summed E-state index contributed by atoms with van der Waals surface area (Å²) in [5.41, 5.74) is -0.211. The van der Waals surface area contributed by atoms with E-state index in [1.165, 1.54) is 0 Å². The smallest absolute Gasteiger partial charge is 0.305 e. The molecule has 1 atom stereocenters. The third-order valence-corrected chi connectivity index (χ3v) is 3.21. The van der Waals surface area contributed by atoms with Gasteiger partial charge in [-0.3, -0.25) is 4.79 Å². The Labute approximate surface area is 122 Å². The second kappa shape index (κ2) is 8.51. The van der Waals surface area contributed by atoms with Crippen molar-refractivity contribution in [2.45, 2.75) is 77.3 Å². The molecule has 0 spiro atoms. The van der Waals surface area contributed by atoms with Gasteiger partial charge in [-0.15, -0.1) is 0 Å². The van der Waals surface area contributed by atoms with Crippen molar-refractivity contribution < 1.29 is 9.53 Å². The normalized spacial score (nSPS) is 15.5. The minimum Gasteiger partial charge on any atom is -0.466 e.